The summed E-state index contributed by atoms with van der Waals surface area (Å²) < 4.78 is 37.8. The minimum atomic E-state index is -4.25. The third-order valence-electron chi connectivity index (χ3n) is 3.70. The summed E-state index contributed by atoms with van der Waals surface area (Å²) in [5.41, 5.74) is 0.210. The summed E-state index contributed by atoms with van der Waals surface area (Å²) in [6.45, 7) is 2.95. The first-order valence-electron chi connectivity index (χ1n) is 6.84. The van der Waals surface area contributed by atoms with Gasteiger partial charge in [-0.1, -0.05) is 31.5 Å². The van der Waals surface area contributed by atoms with Crippen molar-refractivity contribution in [1.82, 2.24) is 5.32 Å². The number of halogens is 3. The summed E-state index contributed by atoms with van der Waals surface area (Å²) in [6.07, 6.45) is 0.194. The van der Waals surface area contributed by atoms with Crippen molar-refractivity contribution >= 4 is 0 Å². The molecule has 1 N–H and O–H groups in total. The quantitative estimate of drug-likeness (QED) is 0.852. The fourth-order valence-electron chi connectivity index (χ4n) is 2.33. The molecular weight excluding hydrogens is 251 g/mol. The van der Waals surface area contributed by atoms with Gasteiger partial charge in [0.15, 0.2) is 0 Å². The molecule has 0 saturated heterocycles. The van der Waals surface area contributed by atoms with Crippen LogP contribution in [0, 0.1) is 5.92 Å². The summed E-state index contributed by atoms with van der Waals surface area (Å²) in [7, 11) is 0. The van der Waals surface area contributed by atoms with Gasteiger partial charge in [-0.25, -0.2) is 0 Å². The molecular formula is C15H20F3N. The summed E-state index contributed by atoms with van der Waals surface area (Å²) >= 11 is 0. The van der Waals surface area contributed by atoms with E-state index < -0.39 is 11.7 Å². The summed E-state index contributed by atoms with van der Waals surface area (Å²) in [6, 6.07) is 6.28. The number of nitrogens with one attached hydrogen (secondary N) is 1. The zero-order chi connectivity index (χ0) is 13.9. The molecule has 1 unspecified atom stereocenters. The molecule has 19 heavy (non-hydrogen) atoms. The van der Waals surface area contributed by atoms with Crippen molar-refractivity contribution < 1.29 is 13.2 Å². The van der Waals surface area contributed by atoms with Crippen LogP contribution < -0.4 is 5.32 Å². The predicted molar refractivity (Wildman–Crippen MR) is 70.0 cm³/mol. The van der Waals surface area contributed by atoms with Gasteiger partial charge in [0.05, 0.1) is 5.56 Å². The normalized spacial score (nSPS) is 18.1. The Hall–Kier alpha value is -1.03. The fourth-order valence-corrected chi connectivity index (χ4v) is 2.33. The fraction of sp³-hybridized carbons (Fsp3) is 0.600. The van der Waals surface area contributed by atoms with Gasteiger partial charge in [-0.05, 0) is 43.4 Å². The van der Waals surface area contributed by atoms with E-state index in [4.69, 9.17) is 0 Å². The molecule has 1 aliphatic carbocycles. The third-order valence-corrected chi connectivity index (χ3v) is 3.70. The van der Waals surface area contributed by atoms with Gasteiger partial charge in [0.1, 0.15) is 0 Å². The van der Waals surface area contributed by atoms with Crippen LogP contribution in [0.15, 0.2) is 24.3 Å². The lowest BCUT2D eigenvalue weighted by Gasteiger charge is -2.28. The number of benzene rings is 1. The molecule has 1 atom stereocenters. The van der Waals surface area contributed by atoms with Gasteiger partial charge in [-0.2, -0.15) is 13.2 Å². The van der Waals surface area contributed by atoms with E-state index in [0.717, 1.165) is 18.2 Å². The van der Waals surface area contributed by atoms with E-state index in [-0.39, 0.29) is 0 Å². The van der Waals surface area contributed by atoms with Gasteiger partial charge in [0.2, 0.25) is 0 Å². The summed E-state index contributed by atoms with van der Waals surface area (Å²) in [5, 5.41) is 3.46. The van der Waals surface area contributed by atoms with E-state index in [2.05, 4.69) is 12.2 Å². The second kappa shape index (κ2) is 5.95. The maximum absolute atomic E-state index is 12.6. The Morgan fingerprint density at radius 1 is 1.32 bits per heavy atom. The molecule has 1 aliphatic rings. The van der Waals surface area contributed by atoms with Crippen LogP contribution in [0.25, 0.3) is 0 Å². The zero-order valence-electron chi connectivity index (χ0n) is 11.1. The molecule has 4 heteroatoms. The minimum Gasteiger partial charge on any atom is -0.314 e. The molecule has 0 heterocycles. The van der Waals surface area contributed by atoms with Gasteiger partial charge in [-0.3, -0.25) is 0 Å². The van der Waals surface area contributed by atoms with Crippen molar-refractivity contribution in [2.24, 2.45) is 5.92 Å². The van der Waals surface area contributed by atoms with Crippen molar-refractivity contribution in [3.8, 4) is 0 Å². The molecule has 0 aromatic heterocycles. The molecule has 0 spiro atoms. The van der Waals surface area contributed by atoms with Crippen LogP contribution in [-0.2, 0) is 12.6 Å². The van der Waals surface area contributed by atoms with Crippen molar-refractivity contribution in [3.05, 3.63) is 35.4 Å². The van der Waals surface area contributed by atoms with Gasteiger partial charge >= 0.3 is 6.18 Å². The minimum absolute atomic E-state index is 0.351. The first-order valence-corrected chi connectivity index (χ1v) is 6.84. The predicted octanol–water partition coefficient (Wildman–Crippen LogP) is 4.03. The molecule has 0 radical (unpaired) electrons. The molecule has 1 aromatic carbocycles. The Morgan fingerprint density at radius 3 is 2.63 bits per heavy atom. The highest BCUT2D eigenvalue weighted by molar-refractivity contribution is 5.26. The van der Waals surface area contributed by atoms with Crippen LogP contribution in [0.3, 0.4) is 0 Å². The lowest BCUT2D eigenvalue weighted by atomic mass is 9.92. The first kappa shape index (κ1) is 14.4. The Balaban J connectivity index is 1.87. The van der Waals surface area contributed by atoms with Gasteiger partial charge < -0.3 is 5.32 Å². The van der Waals surface area contributed by atoms with Gasteiger partial charge in [0, 0.05) is 6.04 Å². The van der Waals surface area contributed by atoms with E-state index in [1.807, 2.05) is 0 Å². The number of hydrogen-bond donors (Lipinski definition) is 1. The number of hydrogen-bond acceptors (Lipinski definition) is 1. The van der Waals surface area contributed by atoms with Crippen LogP contribution in [-0.4, -0.2) is 12.6 Å². The lowest BCUT2D eigenvalue weighted by molar-refractivity contribution is -0.137. The van der Waals surface area contributed by atoms with Crippen LogP contribution >= 0.6 is 0 Å². The van der Waals surface area contributed by atoms with E-state index in [1.54, 1.807) is 6.07 Å². The van der Waals surface area contributed by atoms with Crippen LogP contribution in [0.5, 0.6) is 0 Å². The molecule has 0 bridgehead atoms. The third kappa shape index (κ3) is 4.23. The largest absolute Gasteiger partial charge is 0.416 e. The summed E-state index contributed by atoms with van der Waals surface area (Å²) in [4.78, 5) is 0. The highest BCUT2D eigenvalue weighted by Gasteiger charge is 2.30. The van der Waals surface area contributed by atoms with E-state index in [0.29, 0.717) is 18.4 Å². The van der Waals surface area contributed by atoms with Crippen LogP contribution in [0.4, 0.5) is 13.2 Å². The van der Waals surface area contributed by atoms with Gasteiger partial charge in [-0.15, -0.1) is 0 Å². The molecule has 1 nitrogen and oxygen atoms in total. The zero-order valence-corrected chi connectivity index (χ0v) is 11.1. The molecule has 2 rings (SSSR count). The Kier molecular flexibility index (Phi) is 4.50. The Labute approximate surface area is 112 Å². The summed E-state index contributed by atoms with van der Waals surface area (Å²) in [5.74, 6) is 0.351. The average molecular weight is 271 g/mol. The van der Waals surface area contributed by atoms with Crippen molar-refractivity contribution in [2.75, 3.05) is 6.54 Å². The molecule has 1 aromatic rings. The molecule has 106 valence electrons. The maximum atomic E-state index is 12.6. The van der Waals surface area contributed by atoms with E-state index in [9.17, 15) is 13.2 Å². The highest BCUT2D eigenvalue weighted by atomic mass is 19.4. The number of rotatable bonds is 5. The van der Waals surface area contributed by atoms with Crippen LogP contribution in [0.2, 0.25) is 0 Å². The Morgan fingerprint density at radius 2 is 2.05 bits per heavy atom. The van der Waals surface area contributed by atoms with Crippen molar-refractivity contribution in [2.45, 2.75) is 44.8 Å². The molecule has 0 aliphatic heterocycles. The van der Waals surface area contributed by atoms with Crippen molar-refractivity contribution in [3.63, 3.8) is 0 Å². The first-order chi connectivity index (χ1) is 8.95. The second-order valence-electron chi connectivity index (χ2n) is 5.54. The average Bonchev–Trinajstić information content (AvgIpc) is 2.26. The topological polar surface area (TPSA) is 12.0 Å². The van der Waals surface area contributed by atoms with E-state index in [1.165, 1.54) is 31.4 Å². The molecule has 0 amide bonds. The van der Waals surface area contributed by atoms with Crippen LogP contribution in [0.1, 0.15) is 37.3 Å². The SMILES string of the molecule is CC(CNC1CCC1)Cc1cccc(C(F)(F)F)c1. The molecule has 1 fully saturated rings. The standard InChI is InChI=1S/C15H20F3N/c1-11(10-19-14-6-3-7-14)8-12-4-2-5-13(9-12)15(16,17)18/h2,4-5,9,11,14,19H,3,6-8,10H2,1H3. The smallest absolute Gasteiger partial charge is 0.314 e. The highest BCUT2D eigenvalue weighted by Crippen LogP contribution is 2.30. The number of alkyl halides is 3. The van der Waals surface area contributed by atoms with Gasteiger partial charge in [0.25, 0.3) is 0 Å². The molecule has 1 saturated carbocycles. The monoisotopic (exact) mass is 271 g/mol. The lowest BCUT2D eigenvalue weighted by Crippen LogP contribution is -2.38. The second-order valence-corrected chi connectivity index (χ2v) is 5.54. The maximum Gasteiger partial charge on any atom is 0.416 e. The van der Waals surface area contributed by atoms with E-state index >= 15 is 0 Å². The Bertz CT molecular complexity index is 410. The van der Waals surface area contributed by atoms with Crippen molar-refractivity contribution in [1.29, 1.82) is 0 Å².